The van der Waals surface area contributed by atoms with Crippen molar-refractivity contribution in [1.29, 1.82) is 0 Å². The first-order valence-electron chi connectivity index (χ1n) is 8.72. The normalized spacial score (nSPS) is 10.5. The molecule has 4 heteroatoms. The van der Waals surface area contributed by atoms with Gasteiger partial charge in [0.2, 0.25) is 0 Å². The van der Waals surface area contributed by atoms with E-state index in [9.17, 15) is 4.79 Å². The third-order valence-corrected chi connectivity index (χ3v) is 4.29. The van der Waals surface area contributed by atoms with Crippen LogP contribution in [0.15, 0.2) is 91.1 Å². The molecule has 4 nitrogen and oxygen atoms in total. The number of pyridine rings is 1. The molecule has 0 aliphatic heterocycles. The van der Waals surface area contributed by atoms with Gasteiger partial charge in [-0.3, -0.25) is 9.78 Å². The van der Waals surface area contributed by atoms with E-state index < -0.39 is 0 Å². The van der Waals surface area contributed by atoms with Crippen LogP contribution in [0.2, 0.25) is 0 Å². The van der Waals surface area contributed by atoms with Gasteiger partial charge >= 0.3 is 0 Å². The number of aromatic nitrogens is 1. The highest BCUT2D eigenvalue weighted by Gasteiger charge is 2.13. The zero-order valence-corrected chi connectivity index (χ0v) is 14.6. The van der Waals surface area contributed by atoms with Crippen molar-refractivity contribution in [1.82, 2.24) is 4.98 Å². The molecule has 0 bridgehead atoms. The highest BCUT2D eigenvalue weighted by atomic mass is 16.5. The number of benzene rings is 3. The fraction of sp³-hybridized carbons (Fsp3) is 0.0435. The highest BCUT2D eigenvalue weighted by Crippen LogP contribution is 2.23. The van der Waals surface area contributed by atoms with Gasteiger partial charge in [-0.25, -0.2) is 0 Å². The molecule has 0 atom stereocenters. The largest absolute Gasteiger partial charge is 0.489 e. The van der Waals surface area contributed by atoms with Gasteiger partial charge in [-0.1, -0.05) is 42.5 Å². The van der Waals surface area contributed by atoms with E-state index in [0.29, 0.717) is 12.2 Å². The maximum atomic E-state index is 12.9. The van der Waals surface area contributed by atoms with Gasteiger partial charge in [-0.05, 0) is 42.5 Å². The Bertz CT molecular complexity index is 1070. The van der Waals surface area contributed by atoms with E-state index in [0.717, 1.165) is 27.9 Å². The number of carbonyl (C=O) groups excluding carboxylic acids is 1. The van der Waals surface area contributed by atoms with E-state index >= 15 is 0 Å². The Morgan fingerprint density at radius 3 is 2.56 bits per heavy atom. The highest BCUT2D eigenvalue weighted by molar-refractivity contribution is 6.09. The Hall–Kier alpha value is -3.66. The van der Waals surface area contributed by atoms with Gasteiger partial charge in [0.1, 0.15) is 12.4 Å². The Morgan fingerprint density at radius 2 is 1.67 bits per heavy atom. The molecule has 4 rings (SSSR count). The zero-order chi connectivity index (χ0) is 18.5. The number of ether oxygens (including phenoxy) is 1. The molecule has 0 saturated carbocycles. The van der Waals surface area contributed by atoms with E-state index in [1.165, 1.54) is 0 Å². The molecule has 0 fully saturated rings. The number of hydrogen-bond acceptors (Lipinski definition) is 3. The third-order valence-electron chi connectivity index (χ3n) is 4.29. The van der Waals surface area contributed by atoms with Crippen LogP contribution in [0.5, 0.6) is 5.75 Å². The summed E-state index contributed by atoms with van der Waals surface area (Å²) >= 11 is 0. The monoisotopic (exact) mass is 354 g/mol. The summed E-state index contributed by atoms with van der Waals surface area (Å²) in [5.74, 6) is 0.603. The number of anilines is 1. The van der Waals surface area contributed by atoms with Crippen LogP contribution >= 0.6 is 0 Å². The molecule has 0 radical (unpaired) electrons. The van der Waals surface area contributed by atoms with Crippen LogP contribution in [0, 0.1) is 0 Å². The fourth-order valence-corrected chi connectivity index (χ4v) is 2.95. The SMILES string of the molecule is O=C(Nc1cccc2ncccc12)c1ccccc1COc1ccccc1. The summed E-state index contributed by atoms with van der Waals surface area (Å²) in [7, 11) is 0. The molecule has 4 aromatic rings. The molecule has 0 unspecified atom stereocenters. The predicted molar refractivity (Wildman–Crippen MR) is 107 cm³/mol. The van der Waals surface area contributed by atoms with Gasteiger partial charge < -0.3 is 10.1 Å². The van der Waals surface area contributed by atoms with E-state index in [1.807, 2.05) is 84.9 Å². The smallest absolute Gasteiger partial charge is 0.256 e. The average molecular weight is 354 g/mol. The number of para-hydroxylation sites is 1. The van der Waals surface area contributed by atoms with Gasteiger partial charge in [0.25, 0.3) is 5.91 Å². The maximum absolute atomic E-state index is 12.9. The van der Waals surface area contributed by atoms with E-state index in [4.69, 9.17) is 4.74 Å². The molecular formula is C23H18N2O2. The number of fused-ring (bicyclic) bond motifs is 1. The molecule has 0 aliphatic carbocycles. The van der Waals surface area contributed by atoms with Gasteiger partial charge in [-0.15, -0.1) is 0 Å². The van der Waals surface area contributed by atoms with Gasteiger partial charge in [0.15, 0.2) is 0 Å². The second kappa shape index (κ2) is 7.70. The number of nitrogens with zero attached hydrogens (tertiary/aromatic N) is 1. The summed E-state index contributed by atoms with van der Waals surface area (Å²) in [6.07, 6.45) is 1.74. The number of nitrogens with one attached hydrogen (secondary N) is 1. The van der Waals surface area contributed by atoms with Gasteiger partial charge in [0, 0.05) is 22.7 Å². The van der Waals surface area contributed by atoms with Crippen molar-refractivity contribution >= 4 is 22.5 Å². The third kappa shape index (κ3) is 3.80. The zero-order valence-electron chi connectivity index (χ0n) is 14.6. The maximum Gasteiger partial charge on any atom is 0.256 e. The van der Waals surface area contributed by atoms with Crippen LogP contribution in [0.25, 0.3) is 10.9 Å². The standard InChI is InChI=1S/C23H18N2O2/c26-23(25-22-14-6-13-21-20(22)12-7-15-24-21)19-11-5-4-8-17(19)16-27-18-9-2-1-3-10-18/h1-15H,16H2,(H,25,26). The van der Waals surface area contributed by atoms with E-state index in [-0.39, 0.29) is 5.91 Å². The molecule has 1 aromatic heterocycles. The van der Waals surface area contributed by atoms with Crippen LogP contribution in [-0.4, -0.2) is 10.9 Å². The number of amides is 1. The molecule has 0 aliphatic rings. The van der Waals surface area contributed by atoms with Crippen molar-refractivity contribution in [2.24, 2.45) is 0 Å². The van der Waals surface area contributed by atoms with Gasteiger partial charge in [-0.2, -0.15) is 0 Å². The number of rotatable bonds is 5. The van der Waals surface area contributed by atoms with Crippen LogP contribution in [0.4, 0.5) is 5.69 Å². The molecule has 27 heavy (non-hydrogen) atoms. The first kappa shape index (κ1) is 16.8. The average Bonchev–Trinajstić information content (AvgIpc) is 2.73. The minimum atomic E-state index is -0.168. The molecular weight excluding hydrogens is 336 g/mol. The van der Waals surface area contributed by atoms with E-state index in [1.54, 1.807) is 6.20 Å². The molecule has 3 aromatic carbocycles. The first-order valence-corrected chi connectivity index (χ1v) is 8.72. The summed E-state index contributed by atoms with van der Waals surface area (Å²) in [6, 6.07) is 26.5. The lowest BCUT2D eigenvalue weighted by Crippen LogP contribution is -2.15. The summed E-state index contributed by atoms with van der Waals surface area (Å²) in [4.78, 5) is 17.2. The van der Waals surface area contributed by atoms with Crippen LogP contribution in [-0.2, 0) is 6.61 Å². The van der Waals surface area contributed by atoms with Crippen molar-refractivity contribution in [3.05, 3.63) is 102 Å². The summed E-state index contributed by atoms with van der Waals surface area (Å²) in [6.45, 7) is 0.324. The molecule has 132 valence electrons. The number of carbonyl (C=O) groups is 1. The lowest BCUT2D eigenvalue weighted by atomic mass is 10.1. The first-order chi connectivity index (χ1) is 13.3. The lowest BCUT2D eigenvalue weighted by Gasteiger charge is -2.12. The van der Waals surface area contributed by atoms with Crippen LogP contribution in [0.3, 0.4) is 0 Å². The summed E-state index contributed by atoms with van der Waals surface area (Å²) in [5.41, 5.74) is 3.01. The Morgan fingerprint density at radius 1 is 0.852 bits per heavy atom. The fourth-order valence-electron chi connectivity index (χ4n) is 2.95. The Labute approximate surface area is 157 Å². The molecule has 0 spiro atoms. The van der Waals surface area contributed by atoms with E-state index in [2.05, 4.69) is 10.3 Å². The summed E-state index contributed by atoms with van der Waals surface area (Å²) < 4.78 is 5.81. The van der Waals surface area contributed by atoms with Crippen molar-refractivity contribution in [3.63, 3.8) is 0 Å². The molecule has 1 N–H and O–H groups in total. The van der Waals surface area contributed by atoms with Crippen LogP contribution in [0.1, 0.15) is 15.9 Å². The van der Waals surface area contributed by atoms with Crippen molar-refractivity contribution < 1.29 is 9.53 Å². The number of hydrogen-bond donors (Lipinski definition) is 1. The van der Waals surface area contributed by atoms with Crippen molar-refractivity contribution in [3.8, 4) is 5.75 Å². The summed E-state index contributed by atoms with van der Waals surface area (Å²) in [5, 5.41) is 3.91. The minimum Gasteiger partial charge on any atom is -0.489 e. The minimum absolute atomic E-state index is 0.168. The molecule has 1 heterocycles. The lowest BCUT2D eigenvalue weighted by molar-refractivity contribution is 0.102. The Balaban J connectivity index is 1.57. The Kier molecular flexibility index (Phi) is 4.79. The molecule has 0 saturated heterocycles. The molecule has 1 amide bonds. The van der Waals surface area contributed by atoms with Gasteiger partial charge in [0.05, 0.1) is 11.2 Å². The second-order valence-electron chi connectivity index (χ2n) is 6.09. The van der Waals surface area contributed by atoms with Crippen molar-refractivity contribution in [2.75, 3.05) is 5.32 Å². The topological polar surface area (TPSA) is 51.2 Å². The second-order valence-corrected chi connectivity index (χ2v) is 6.09. The quantitative estimate of drug-likeness (QED) is 0.545. The van der Waals surface area contributed by atoms with Crippen molar-refractivity contribution in [2.45, 2.75) is 6.61 Å². The van der Waals surface area contributed by atoms with Crippen LogP contribution < -0.4 is 10.1 Å². The predicted octanol–water partition coefficient (Wildman–Crippen LogP) is 5.07.